The number of halogens is 1. The smallest absolute Gasteiger partial charge is 0.155 e. The van der Waals surface area contributed by atoms with Gasteiger partial charge in [0.15, 0.2) is 5.78 Å². The van der Waals surface area contributed by atoms with E-state index in [1.165, 1.54) is 0 Å². The summed E-state index contributed by atoms with van der Waals surface area (Å²) in [5, 5.41) is -0.561. The molecular formula is C17H17ClO2. The van der Waals surface area contributed by atoms with Crippen LogP contribution in [-0.4, -0.2) is 12.9 Å². The molecule has 0 aliphatic rings. The van der Waals surface area contributed by atoms with E-state index in [1.807, 2.05) is 54.6 Å². The molecule has 2 aromatic carbocycles. The minimum Gasteiger partial charge on any atom is -0.497 e. The fourth-order valence-corrected chi connectivity index (χ4v) is 2.25. The number of methoxy groups -OCH3 is 1. The Labute approximate surface area is 124 Å². The SMILES string of the molecule is COc1ccc(CCC(=O)C(Cl)c2ccccc2)cc1. The van der Waals surface area contributed by atoms with E-state index in [0.717, 1.165) is 16.9 Å². The first-order chi connectivity index (χ1) is 9.70. The number of ether oxygens (including phenoxy) is 1. The highest BCUT2D eigenvalue weighted by atomic mass is 35.5. The summed E-state index contributed by atoms with van der Waals surface area (Å²) >= 11 is 6.20. The fourth-order valence-electron chi connectivity index (χ4n) is 1.99. The lowest BCUT2D eigenvalue weighted by Crippen LogP contribution is -2.08. The van der Waals surface area contributed by atoms with Crippen molar-refractivity contribution in [2.75, 3.05) is 7.11 Å². The van der Waals surface area contributed by atoms with Crippen LogP contribution in [0.15, 0.2) is 54.6 Å². The summed E-state index contributed by atoms with van der Waals surface area (Å²) in [5.74, 6) is 0.869. The molecule has 0 spiro atoms. The van der Waals surface area contributed by atoms with Gasteiger partial charge in [-0.25, -0.2) is 0 Å². The number of rotatable bonds is 6. The highest BCUT2D eigenvalue weighted by Gasteiger charge is 2.16. The third-order valence-electron chi connectivity index (χ3n) is 3.19. The molecule has 0 radical (unpaired) electrons. The fraction of sp³-hybridized carbons (Fsp3) is 0.235. The van der Waals surface area contributed by atoms with Gasteiger partial charge in [0.05, 0.1) is 7.11 Å². The molecule has 0 amide bonds. The number of hydrogen-bond acceptors (Lipinski definition) is 2. The second-order valence-corrected chi connectivity index (χ2v) is 5.02. The monoisotopic (exact) mass is 288 g/mol. The van der Waals surface area contributed by atoms with Crippen LogP contribution in [0.25, 0.3) is 0 Å². The van der Waals surface area contributed by atoms with Gasteiger partial charge in [-0.05, 0) is 29.7 Å². The van der Waals surface area contributed by atoms with Gasteiger partial charge in [0.2, 0.25) is 0 Å². The van der Waals surface area contributed by atoms with Crippen LogP contribution in [0, 0.1) is 0 Å². The standard InChI is InChI=1S/C17H17ClO2/c1-20-15-10-7-13(8-11-15)9-12-16(19)17(18)14-5-3-2-4-6-14/h2-8,10-11,17H,9,12H2,1H3. The van der Waals surface area contributed by atoms with E-state index in [2.05, 4.69) is 0 Å². The molecule has 0 aliphatic heterocycles. The van der Waals surface area contributed by atoms with Crippen molar-refractivity contribution in [2.45, 2.75) is 18.2 Å². The van der Waals surface area contributed by atoms with Gasteiger partial charge in [0, 0.05) is 6.42 Å². The molecule has 2 rings (SSSR count). The van der Waals surface area contributed by atoms with Crippen molar-refractivity contribution >= 4 is 17.4 Å². The Hall–Kier alpha value is -1.80. The second kappa shape index (κ2) is 7.11. The number of ketones is 1. The molecule has 0 fully saturated rings. The molecule has 0 bridgehead atoms. The first-order valence-corrected chi connectivity index (χ1v) is 6.99. The molecule has 2 aromatic rings. The Morgan fingerprint density at radius 1 is 1.10 bits per heavy atom. The van der Waals surface area contributed by atoms with Crippen molar-refractivity contribution in [3.8, 4) is 5.75 Å². The summed E-state index contributed by atoms with van der Waals surface area (Å²) in [7, 11) is 1.64. The Kier molecular flexibility index (Phi) is 5.19. The third-order valence-corrected chi connectivity index (χ3v) is 3.69. The lowest BCUT2D eigenvalue weighted by molar-refractivity contribution is -0.118. The summed E-state index contributed by atoms with van der Waals surface area (Å²) in [6.07, 6.45) is 1.13. The zero-order valence-electron chi connectivity index (χ0n) is 11.4. The summed E-state index contributed by atoms with van der Waals surface area (Å²) < 4.78 is 5.10. The molecular weight excluding hydrogens is 272 g/mol. The Bertz CT molecular complexity index is 549. The molecule has 3 heteroatoms. The topological polar surface area (TPSA) is 26.3 Å². The van der Waals surface area contributed by atoms with E-state index in [4.69, 9.17) is 16.3 Å². The van der Waals surface area contributed by atoms with Crippen LogP contribution >= 0.6 is 11.6 Å². The van der Waals surface area contributed by atoms with Gasteiger partial charge in [-0.1, -0.05) is 42.5 Å². The summed E-state index contributed by atoms with van der Waals surface area (Å²) in [6.45, 7) is 0. The largest absolute Gasteiger partial charge is 0.497 e. The number of aryl methyl sites for hydroxylation is 1. The average molecular weight is 289 g/mol. The van der Waals surface area contributed by atoms with E-state index in [0.29, 0.717) is 12.8 Å². The van der Waals surface area contributed by atoms with Crippen LogP contribution in [0.5, 0.6) is 5.75 Å². The number of benzene rings is 2. The van der Waals surface area contributed by atoms with Gasteiger partial charge in [-0.2, -0.15) is 0 Å². The van der Waals surface area contributed by atoms with E-state index in [9.17, 15) is 4.79 Å². The number of alkyl halides is 1. The molecule has 0 saturated carbocycles. The van der Waals surface area contributed by atoms with Crippen molar-refractivity contribution in [1.29, 1.82) is 0 Å². The Balaban J connectivity index is 1.91. The molecule has 1 unspecified atom stereocenters. The summed E-state index contributed by atoms with van der Waals surface area (Å²) in [4.78, 5) is 12.1. The molecule has 104 valence electrons. The molecule has 0 heterocycles. The normalized spacial score (nSPS) is 11.9. The second-order valence-electron chi connectivity index (χ2n) is 4.59. The maximum absolute atomic E-state index is 12.1. The molecule has 0 aliphatic carbocycles. The predicted molar refractivity (Wildman–Crippen MR) is 81.4 cm³/mol. The van der Waals surface area contributed by atoms with Crippen molar-refractivity contribution < 1.29 is 9.53 Å². The summed E-state index contributed by atoms with van der Waals surface area (Å²) in [5.41, 5.74) is 1.96. The van der Waals surface area contributed by atoms with Gasteiger partial charge in [-0.3, -0.25) is 4.79 Å². The maximum Gasteiger partial charge on any atom is 0.155 e. The van der Waals surface area contributed by atoms with E-state index < -0.39 is 5.38 Å². The van der Waals surface area contributed by atoms with Gasteiger partial charge in [-0.15, -0.1) is 11.6 Å². The molecule has 20 heavy (non-hydrogen) atoms. The van der Waals surface area contributed by atoms with Crippen molar-refractivity contribution in [3.63, 3.8) is 0 Å². The number of carbonyl (C=O) groups excluding carboxylic acids is 1. The zero-order chi connectivity index (χ0) is 14.4. The van der Waals surface area contributed by atoms with Gasteiger partial charge >= 0.3 is 0 Å². The van der Waals surface area contributed by atoms with Crippen LogP contribution < -0.4 is 4.74 Å². The number of carbonyl (C=O) groups is 1. The Morgan fingerprint density at radius 2 is 1.75 bits per heavy atom. The molecule has 0 aromatic heterocycles. The van der Waals surface area contributed by atoms with Crippen LogP contribution in [0.1, 0.15) is 22.9 Å². The van der Waals surface area contributed by atoms with Crippen molar-refractivity contribution in [1.82, 2.24) is 0 Å². The number of Topliss-reactive ketones (excluding diaryl/α,β-unsaturated/α-hetero) is 1. The highest BCUT2D eigenvalue weighted by molar-refractivity contribution is 6.31. The van der Waals surface area contributed by atoms with Gasteiger partial charge in [0.1, 0.15) is 11.1 Å². The highest BCUT2D eigenvalue weighted by Crippen LogP contribution is 2.23. The van der Waals surface area contributed by atoms with E-state index in [1.54, 1.807) is 7.11 Å². The molecule has 1 atom stereocenters. The molecule has 2 nitrogen and oxygen atoms in total. The maximum atomic E-state index is 12.1. The molecule has 0 saturated heterocycles. The van der Waals surface area contributed by atoms with Crippen LogP contribution in [0.3, 0.4) is 0 Å². The number of hydrogen-bond donors (Lipinski definition) is 0. The lowest BCUT2D eigenvalue weighted by atomic mass is 10.0. The van der Waals surface area contributed by atoms with E-state index >= 15 is 0 Å². The molecule has 0 N–H and O–H groups in total. The minimum atomic E-state index is -0.561. The van der Waals surface area contributed by atoms with E-state index in [-0.39, 0.29) is 5.78 Å². The summed E-state index contributed by atoms with van der Waals surface area (Å²) in [6, 6.07) is 17.2. The first kappa shape index (κ1) is 14.6. The average Bonchev–Trinajstić information content (AvgIpc) is 2.53. The van der Waals surface area contributed by atoms with Crippen molar-refractivity contribution in [3.05, 3.63) is 65.7 Å². The lowest BCUT2D eigenvalue weighted by Gasteiger charge is -2.09. The van der Waals surface area contributed by atoms with Crippen LogP contribution in [0.2, 0.25) is 0 Å². The quantitative estimate of drug-likeness (QED) is 0.746. The van der Waals surface area contributed by atoms with Crippen LogP contribution in [0.4, 0.5) is 0 Å². The van der Waals surface area contributed by atoms with Crippen molar-refractivity contribution in [2.24, 2.45) is 0 Å². The van der Waals surface area contributed by atoms with Gasteiger partial charge in [0.25, 0.3) is 0 Å². The minimum absolute atomic E-state index is 0.0497. The predicted octanol–water partition coefficient (Wildman–Crippen LogP) is 4.18. The zero-order valence-corrected chi connectivity index (χ0v) is 12.1. The van der Waals surface area contributed by atoms with Gasteiger partial charge < -0.3 is 4.74 Å². The first-order valence-electron chi connectivity index (χ1n) is 6.55. The third kappa shape index (κ3) is 3.84. The Morgan fingerprint density at radius 3 is 2.35 bits per heavy atom. The van der Waals surface area contributed by atoms with Crippen LogP contribution in [-0.2, 0) is 11.2 Å².